The molecule has 126 valence electrons. The van der Waals surface area contributed by atoms with Gasteiger partial charge in [-0.1, -0.05) is 29.8 Å². The second-order valence-electron chi connectivity index (χ2n) is 6.19. The molecule has 5 nitrogen and oxygen atoms in total. The van der Waals surface area contributed by atoms with Gasteiger partial charge in [0.2, 0.25) is 0 Å². The van der Waals surface area contributed by atoms with Crippen molar-refractivity contribution in [2.45, 2.75) is 24.8 Å². The van der Waals surface area contributed by atoms with E-state index in [1.165, 1.54) is 0 Å². The number of carbonyl (C=O) groups is 1. The lowest BCUT2D eigenvalue weighted by Crippen LogP contribution is -2.30. The second-order valence-corrected chi connectivity index (χ2v) is 6.62. The molecule has 1 atom stereocenters. The highest BCUT2D eigenvalue weighted by atomic mass is 35.5. The molecule has 1 saturated carbocycles. The quantitative estimate of drug-likeness (QED) is 0.732. The van der Waals surface area contributed by atoms with Crippen molar-refractivity contribution in [3.05, 3.63) is 82.4 Å². The molecule has 0 bridgehead atoms. The van der Waals surface area contributed by atoms with Crippen molar-refractivity contribution < 1.29 is 4.79 Å². The average molecular weight is 353 g/mol. The molecule has 1 fully saturated rings. The van der Waals surface area contributed by atoms with Crippen LogP contribution < -0.4 is 5.32 Å². The Morgan fingerprint density at radius 3 is 2.84 bits per heavy atom. The Morgan fingerprint density at radius 2 is 2.12 bits per heavy atom. The summed E-state index contributed by atoms with van der Waals surface area (Å²) in [7, 11) is 0. The van der Waals surface area contributed by atoms with Crippen molar-refractivity contribution in [2.75, 3.05) is 0 Å². The maximum Gasteiger partial charge on any atom is 0.255 e. The van der Waals surface area contributed by atoms with E-state index in [0.717, 1.165) is 29.8 Å². The largest absolute Gasteiger partial charge is 0.339 e. The highest BCUT2D eigenvalue weighted by Gasteiger charge is 2.31. The molecule has 1 amide bonds. The van der Waals surface area contributed by atoms with Crippen LogP contribution in [0.5, 0.6) is 0 Å². The van der Waals surface area contributed by atoms with Crippen LogP contribution >= 0.6 is 11.6 Å². The van der Waals surface area contributed by atoms with Gasteiger partial charge in [0.05, 0.1) is 29.2 Å². The Morgan fingerprint density at radius 1 is 1.24 bits per heavy atom. The van der Waals surface area contributed by atoms with E-state index in [0.29, 0.717) is 16.5 Å². The number of nitrogens with one attached hydrogen (secondary N) is 2. The molecule has 1 aliphatic carbocycles. The average Bonchev–Trinajstić information content (AvgIpc) is 3.36. The molecule has 0 spiro atoms. The Kier molecular flexibility index (Phi) is 4.24. The summed E-state index contributed by atoms with van der Waals surface area (Å²) in [4.78, 5) is 17.3. The van der Waals surface area contributed by atoms with E-state index in [2.05, 4.69) is 20.5 Å². The van der Waals surface area contributed by atoms with Gasteiger partial charge in [-0.25, -0.2) is 0 Å². The summed E-state index contributed by atoms with van der Waals surface area (Å²) in [5, 5.41) is 10.7. The fourth-order valence-corrected chi connectivity index (χ4v) is 3.13. The first kappa shape index (κ1) is 15.8. The number of hydrogen-bond donors (Lipinski definition) is 2. The third-order valence-corrected chi connectivity index (χ3v) is 4.58. The van der Waals surface area contributed by atoms with Gasteiger partial charge in [0.25, 0.3) is 5.91 Å². The molecule has 25 heavy (non-hydrogen) atoms. The first-order chi connectivity index (χ1) is 12.2. The van der Waals surface area contributed by atoms with Crippen molar-refractivity contribution in [3.63, 3.8) is 0 Å². The predicted octanol–water partition coefficient (Wildman–Crippen LogP) is 3.85. The lowest BCUT2D eigenvalue weighted by atomic mass is 10.0. The zero-order valence-electron chi connectivity index (χ0n) is 13.4. The lowest BCUT2D eigenvalue weighted by molar-refractivity contribution is 0.0941. The van der Waals surface area contributed by atoms with Crippen LogP contribution in [0.3, 0.4) is 0 Å². The van der Waals surface area contributed by atoms with Gasteiger partial charge < -0.3 is 5.32 Å². The van der Waals surface area contributed by atoms with Gasteiger partial charge in [0, 0.05) is 17.1 Å². The SMILES string of the molecule is O=C(N[C@H](c1cccc(Cl)c1)c1ccccn1)c1cn[nH]c1C1CC1. The topological polar surface area (TPSA) is 70.7 Å². The molecular weight excluding hydrogens is 336 g/mol. The first-order valence-electron chi connectivity index (χ1n) is 8.23. The fourth-order valence-electron chi connectivity index (χ4n) is 2.93. The minimum absolute atomic E-state index is 0.161. The highest BCUT2D eigenvalue weighted by molar-refractivity contribution is 6.30. The summed E-state index contributed by atoms with van der Waals surface area (Å²) in [6.07, 6.45) is 5.50. The van der Waals surface area contributed by atoms with Crippen LogP contribution in [0.15, 0.2) is 54.9 Å². The fraction of sp³-hybridized carbons (Fsp3) is 0.211. The van der Waals surface area contributed by atoms with Crippen LogP contribution in [0.4, 0.5) is 0 Å². The van der Waals surface area contributed by atoms with Gasteiger partial charge in [-0.05, 0) is 42.7 Å². The molecule has 2 aromatic heterocycles. The van der Waals surface area contributed by atoms with Gasteiger partial charge in [0.1, 0.15) is 0 Å². The molecule has 0 radical (unpaired) electrons. The van der Waals surface area contributed by atoms with E-state index < -0.39 is 0 Å². The number of aromatic nitrogens is 3. The number of pyridine rings is 1. The molecular formula is C19H17ClN4O. The number of rotatable bonds is 5. The second kappa shape index (κ2) is 6.69. The Balaban J connectivity index is 1.66. The van der Waals surface area contributed by atoms with Gasteiger partial charge in [0.15, 0.2) is 0 Å². The summed E-state index contributed by atoms with van der Waals surface area (Å²) in [5.74, 6) is 0.258. The number of nitrogens with zero attached hydrogens (tertiary/aromatic N) is 2. The summed E-state index contributed by atoms with van der Waals surface area (Å²) in [6, 6.07) is 12.7. The molecule has 0 aliphatic heterocycles. The Labute approximate surface area is 150 Å². The van der Waals surface area contributed by atoms with E-state index in [-0.39, 0.29) is 11.9 Å². The summed E-state index contributed by atoms with van der Waals surface area (Å²) in [5.41, 5.74) is 3.17. The summed E-state index contributed by atoms with van der Waals surface area (Å²) >= 11 is 6.14. The number of halogens is 1. The standard InChI is InChI=1S/C19H17ClN4O/c20-14-5-3-4-13(10-14)18(16-6-1-2-9-21-16)23-19(25)15-11-22-24-17(15)12-7-8-12/h1-6,9-12,18H,7-8H2,(H,22,24)(H,23,25)/t18-/m1/s1. The van der Waals surface area contributed by atoms with Crippen LogP contribution in [-0.2, 0) is 0 Å². The van der Waals surface area contributed by atoms with Crippen molar-refractivity contribution in [1.82, 2.24) is 20.5 Å². The van der Waals surface area contributed by atoms with E-state index >= 15 is 0 Å². The third kappa shape index (κ3) is 3.42. The van der Waals surface area contributed by atoms with E-state index in [1.54, 1.807) is 12.4 Å². The van der Waals surface area contributed by atoms with Crippen LogP contribution in [0.25, 0.3) is 0 Å². The summed E-state index contributed by atoms with van der Waals surface area (Å²) in [6.45, 7) is 0. The molecule has 4 rings (SSSR count). The molecule has 2 heterocycles. The smallest absolute Gasteiger partial charge is 0.255 e. The number of hydrogen-bond acceptors (Lipinski definition) is 3. The normalized spacial score (nSPS) is 14.9. The minimum atomic E-state index is -0.380. The van der Waals surface area contributed by atoms with Gasteiger partial charge in [-0.15, -0.1) is 0 Å². The maximum absolute atomic E-state index is 12.9. The van der Waals surface area contributed by atoms with Crippen LogP contribution in [-0.4, -0.2) is 21.1 Å². The molecule has 0 unspecified atom stereocenters. The number of aromatic amines is 1. The maximum atomic E-state index is 12.9. The number of amides is 1. The minimum Gasteiger partial charge on any atom is -0.339 e. The zero-order valence-corrected chi connectivity index (χ0v) is 14.2. The number of carbonyl (C=O) groups excluding carboxylic acids is 1. The molecule has 1 aliphatic rings. The van der Waals surface area contributed by atoms with E-state index in [1.807, 2.05) is 42.5 Å². The third-order valence-electron chi connectivity index (χ3n) is 4.34. The molecule has 0 saturated heterocycles. The van der Waals surface area contributed by atoms with Crippen molar-refractivity contribution in [3.8, 4) is 0 Å². The molecule has 2 N–H and O–H groups in total. The number of H-pyrrole nitrogens is 1. The van der Waals surface area contributed by atoms with Crippen LogP contribution in [0.2, 0.25) is 5.02 Å². The van der Waals surface area contributed by atoms with Gasteiger partial charge in [-0.3, -0.25) is 14.9 Å². The Hall–Kier alpha value is -2.66. The predicted molar refractivity (Wildman–Crippen MR) is 95.6 cm³/mol. The van der Waals surface area contributed by atoms with Crippen LogP contribution in [0, 0.1) is 0 Å². The van der Waals surface area contributed by atoms with Crippen molar-refractivity contribution in [2.24, 2.45) is 0 Å². The highest BCUT2D eigenvalue weighted by Crippen LogP contribution is 2.40. The van der Waals surface area contributed by atoms with Crippen molar-refractivity contribution in [1.29, 1.82) is 0 Å². The number of benzene rings is 1. The first-order valence-corrected chi connectivity index (χ1v) is 8.60. The lowest BCUT2D eigenvalue weighted by Gasteiger charge is -2.19. The van der Waals surface area contributed by atoms with E-state index in [4.69, 9.17) is 11.6 Å². The molecule has 3 aromatic rings. The van der Waals surface area contributed by atoms with Gasteiger partial charge >= 0.3 is 0 Å². The monoisotopic (exact) mass is 352 g/mol. The Bertz CT molecular complexity index is 889. The van der Waals surface area contributed by atoms with Gasteiger partial charge in [-0.2, -0.15) is 5.10 Å². The zero-order chi connectivity index (χ0) is 17.2. The molecule has 1 aromatic carbocycles. The molecule has 6 heteroatoms. The van der Waals surface area contributed by atoms with E-state index in [9.17, 15) is 4.79 Å². The van der Waals surface area contributed by atoms with Crippen molar-refractivity contribution >= 4 is 17.5 Å². The summed E-state index contributed by atoms with van der Waals surface area (Å²) < 4.78 is 0. The van der Waals surface area contributed by atoms with Crippen LogP contribution in [0.1, 0.15) is 52.1 Å².